The molecule has 1 aliphatic carbocycles. The Morgan fingerprint density at radius 1 is 1.83 bits per heavy atom. The topological polar surface area (TPSA) is 26.0 Å². The van der Waals surface area contributed by atoms with Gasteiger partial charge in [-0.1, -0.05) is 15.9 Å². The third kappa shape index (κ3) is 0.738. The van der Waals surface area contributed by atoms with Gasteiger partial charge >= 0.3 is 0 Å². The Labute approximate surface area is 46.0 Å². The van der Waals surface area contributed by atoms with Gasteiger partial charge in [-0.2, -0.15) is 0 Å². The molecule has 2 N–H and O–H groups in total. The van der Waals surface area contributed by atoms with Crippen molar-refractivity contribution < 1.29 is 0 Å². The fourth-order valence-corrected chi connectivity index (χ4v) is 1.19. The van der Waals surface area contributed by atoms with Gasteiger partial charge in [-0.25, -0.2) is 0 Å². The monoisotopic (exact) mass is 149 g/mol. The molecule has 6 heavy (non-hydrogen) atoms. The second kappa shape index (κ2) is 1.51. The van der Waals surface area contributed by atoms with Crippen LogP contribution < -0.4 is 5.73 Å². The molecular formula is C4H8BrN. The van der Waals surface area contributed by atoms with Crippen molar-refractivity contribution in [1.82, 2.24) is 0 Å². The van der Waals surface area contributed by atoms with Crippen LogP contribution >= 0.6 is 15.9 Å². The van der Waals surface area contributed by atoms with Crippen LogP contribution in [0, 0.1) is 5.92 Å². The fraction of sp³-hybridized carbons (Fsp3) is 1.00. The van der Waals surface area contributed by atoms with Crippen molar-refractivity contribution in [3.63, 3.8) is 0 Å². The maximum atomic E-state index is 5.45. The zero-order chi connectivity index (χ0) is 4.57. The molecule has 0 bridgehead atoms. The van der Waals surface area contributed by atoms with Crippen LogP contribution in [-0.4, -0.2) is 11.4 Å². The number of hydrogen-bond donors (Lipinski definition) is 1. The maximum absolute atomic E-state index is 5.45. The van der Waals surface area contributed by atoms with Crippen LogP contribution in [0.4, 0.5) is 0 Å². The highest BCUT2D eigenvalue weighted by Crippen LogP contribution is 2.28. The molecule has 0 aromatic rings. The quantitative estimate of drug-likeness (QED) is 0.548. The van der Waals surface area contributed by atoms with E-state index in [2.05, 4.69) is 15.9 Å². The molecule has 0 aromatic heterocycles. The summed E-state index contributed by atoms with van der Waals surface area (Å²) in [5, 5.41) is 1.09. The molecule has 1 rings (SSSR count). The van der Waals surface area contributed by atoms with Gasteiger partial charge in [0.2, 0.25) is 0 Å². The zero-order valence-corrected chi connectivity index (χ0v) is 5.11. The summed E-state index contributed by atoms with van der Waals surface area (Å²) in [5.74, 6) is 0.796. The number of nitrogens with two attached hydrogens (primary N) is 1. The van der Waals surface area contributed by atoms with E-state index in [1.807, 2.05) is 0 Å². The largest absolute Gasteiger partial charge is 0.327 e. The number of rotatable bonds is 1. The van der Waals surface area contributed by atoms with E-state index in [1.54, 1.807) is 0 Å². The summed E-state index contributed by atoms with van der Waals surface area (Å²) < 4.78 is 0. The van der Waals surface area contributed by atoms with Crippen LogP contribution in [-0.2, 0) is 0 Å². The molecule has 2 atom stereocenters. The van der Waals surface area contributed by atoms with Crippen molar-refractivity contribution in [2.45, 2.75) is 12.5 Å². The highest BCUT2D eigenvalue weighted by Gasteiger charge is 2.31. The molecule has 1 fully saturated rings. The van der Waals surface area contributed by atoms with E-state index in [1.165, 1.54) is 6.42 Å². The lowest BCUT2D eigenvalue weighted by molar-refractivity contribution is 0.914. The highest BCUT2D eigenvalue weighted by atomic mass is 79.9. The number of hydrogen-bond acceptors (Lipinski definition) is 1. The SMILES string of the molecule is NC1CC1CBr. The summed E-state index contributed by atoms with van der Waals surface area (Å²) in [6.07, 6.45) is 1.23. The molecule has 0 heterocycles. The van der Waals surface area contributed by atoms with Gasteiger partial charge in [0.25, 0.3) is 0 Å². The summed E-state index contributed by atoms with van der Waals surface area (Å²) in [7, 11) is 0. The molecule has 0 aliphatic heterocycles. The molecule has 1 saturated carbocycles. The lowest BCUT2D eigenvalue weighted by Gasteiger charge is -1.78. The van der Waals surface area contributed by atoms with Gasteiger partial charge in [0.15, 0.2) is 0 Å². The van der Waals surface area contributed by atoms with Crippen molar-refractivity contribution in [3.05, 3.63) is 0 Å². The van der Waals surface area contributed by atoms with Gasteiger partial charge in [-0.05, 0) is 12.3 Å². The summed E-state index contributed by atoms with van der Waals surface area (Å²) in [4.78, 5) is 0. The van der Waals surface area contributed by atoms with Crippen LogP contribution in [0.2, 0.25) is 0 Å². The van der Waals surface area contributed by atoms with Crippen LogP contribution in [0.25, 0.3) is 0 Å². The van der Waals surface area contributed by atoms with Crippen LogP contribution in [0.5, 0.6) is 0 Å². The van der Waals surface area contributed by atoms with Gasteiger partial charge < -0.3 is 5.73 Å². The Morgan fingerprint density at radius 3 is 2.33 bits per heavy atom. The third-order valence-electron chi connectivity index (χ3n) is 1.18. The first kappa shape index (κ1) is 4.60. The van der Waals surface area contributed by atoms with Gasteiger partial charge in [-0.15, -0.1) is 0 Å². The summed E-state index contributed by atoms with van der Waals surface area (Å²) >= 11 is 3.34. The van der Waals surface area contributed by atoms with Gasteiger partial charge in [0.1, 0.15) is 0 Å². The van der Waals surface area contributed by atoms with Gasteiger partial charge in [-0.3, -0.25) is 0 Å². The molecule has 0 saturated heterocycles. The first-order valence-electron chi connectivity index (χ1n) is 2.16. The van der Waals surface area contributed by atoms with E-state index in [9.17, 15) is 0 Å². The van der Waals surface area contributed by atoms with Crippen molar-refractivity contribution in [3.8, 4) is 0 Å². The standard InChI is InChI=1S/C4H8BrN/c5-2-3-1-4(3)6/h3-4H,1-2,6H2. The molecule has 1 aliphatic rings. The number of alkyl halides is 1. The Bertz CT molecular complexity index is 53.5. The van der Waals surface area contributed by atoms with Crippen molar-refractivity contribution in [1.29, 1.82) is 0 Å². The Morgan fingerprint density at radius 2 is 2.33 bits per heavy atom. The molecule has 2 unspecified atom stereocenters. The molecule has 0 aromatic carbocycles. The van der Waals surface area contributed by atoms with Crippen molar-refractivity contribution in [2.75, 3.05) is 5.33 Å². The average Bonchev–Trinajstić information content (AvgIpc) is 2.19. The second-order valence-corrected chi connectivity index (χ2v) is 2.46. The van der Waals surface area contributed by atoms with E-state index in [4.69, 9.17) is 5.73 Å². The Balaban J connectivity index is 2.09. The predicted molar refractivity (Wildman–Crippen MR) is 29.9 cm³/mol. The molecule has 0 amide bonds. The predicted octanol–water partition coefficient (Wildman–Crippen LogP) is 0.728. The summed E-state index contributed by atoms with van der Waals surface area (Å²) in [6.45, 7) is 0. The van der Waals surface area contributed by atoms with Crippen LogP contribution in [0.15, 0.2) is 0 Å². The minimum absolute atomic E-state index is 0.518. The van der Waals surface area contributed by atoms with E-state index in [-0.39, 0.29) is 0 Å². The average molecular weight is 150 g/mol. The van der Waals surface area contributed by atoms with Gasteiger partial charge in [0.05, 0.1) is 0 Å². The highest BCUT2D eigenvalue weighted by molar-refractivity contribution is 9.09. The Hall–Kier alpha value is 0.440. The van der Waals surface area contributed by atoms with E-state index >= 15 is 0 Å². The first-order valence-corrected chi connectivity index (χ1v) is 3.28. The molecule has 0 spiro atoms. The van der Waals surface area contributed by atoms with Crippen molar-refractivity contribution in [2.24, 2.45) is 11.7 Å². The second-order valence-electron chi connectivity index (χ2n) is 1.81. The van der Waals surface area contributed by atoms with Crippen LogP contribution in [0.1, 0.15) is 6.42 Å². The third-order valence-corrected chi connectivity index (χ3v) is 2.01. The van der Waals surface area contributed by atoms with Crippen molar-refractivity contribution >= 4 is 15.9 Å². The van der Waals surface area contributed by atoms with Gasteiger partial charge in [0, 0.05) is 11.4 Å². The molecule has 1 nitrogen and oxygen atoms in total. The van der Waals surface area contributed by atoms with Crippen LogP contribution in [0.3, 0.4) is 0 Å². The summed E-state index contributed by atoms with van der Waals surface area (Å²) in [5.41, 5.74) is 5.45. The smallest absolute Gasteiger partial charge is 0.00792 e. The zero-order valence-electron chi connectivity index (χ0n) is 3.52. The maximum Gasteiger partial charge on any atom is 0.00792 e. The molecular weight excluding hydrogens is 142 g/mol. The fourth-order valence-electron chi connectivity index (χ4n) is 0.448. The lowest BCUT2D eigenvalue weighted by atomic mass is 10.5. The molecule has 0 radical (unpaired) electrons. The lowest BCUT2D eigenvalue weighted by Crippen LogP contribution is -2.01. The Kier molecular flexibility index (Phi) is 1.15. The molecule has 2 heteroatoms. The summed E-state index contributed by atoms with van der Waals surface area (Å²) in [6, 6.07) is 0.518. The molecule has 36 valence electrons. The van der Waals surface area contributed by atoms with E-state index in [0.29, 0.717) is 6.04 Å². The first-order chi connectivity index (χ1) is 2.84. The normalized spacial score (nSPS) is 43.0. The van der Waals surface area contributed by atoms with E-state index in [0.717, 1.165) is 11.2 Å². The minimum Gasteiger partial charge on any atom is -0.327 e. The minimum atomic E-state index is 0.518. The number of halogens is 1. The van der Waals surface area contributed by atoms with E-state index < -0.39 is 0 Å².